The molecule has 0 aliphatic carbocycles. The van der Waals surface area contributed by atoms with Crippen LogP contribution in [-0.2, 0) is 4.79 Å². The number of hydrogen-bond donors (Lipinski definition) is 2. The van der Waals surface area contributed by atoms with Gasteiger partial charge in [-0.2, -0.15) is 5.10 Å². The molecule has 1 heterocycles. The van der Waals surface area contributed by atoms with Crippen LogP contribution in [0.15, 0.2) is 53.8 Å². The zero-order chi connectivity index (χ0) is 17.2. The number of carbonyl (C=O) groups excluding carboxylic acids is 1. The molecule has 24 heavy (non-hydrogen) atoms. The zero-order valence-electron chi connectivity index (χ0n) is 13.9. The highest BCUT2D eigenvalue weighted by molar-refractivity contribution is 5.86. The Kier molecular flexibility index (Phi) is 6.76. The number of anilines is 1. The number of aromatic nitrogens is 1. The molecule has 2 rings (SSSR count). The van der Waals surface area contributed by atoms with Crippen LogP contribution in [0.4, 0.5) is 5.69 Å². The monoisotopic (exact) mass is 326 g/mol. The van der Waals surface area contributed by atoms with Crippen LogP contribution in [0.5, 0.6) is 5.75 Å². The van der Waals surface area contributed by atoms with Gasteiger partial charge < -0.3 is 10.1 Å². The molecule has 1 amide bonds. The summed E-state index contributed by atoms with van der Waals surface area (Å²) in [7, 11) is 0. The molecule has 6 nitrogen and oxygen atoms in total. The number of ether oxygens (including phenoxy) is 1. The van der Waals surface area contributed by atoms with Crippen molar-refractivity contribution in [1.29, 1.82) is 0 Å². The second-order valence-corrected chi connectivity index (χ2v) is 5.05. The fourth-order valence-electron chi connectivity index (χ4n) is 2.06. The first kappa shape index (κ1) is 17.5. The minimum atomic E-state index is -0.371. The van der Waals surface area contributed by atoms with Crippen LogP contribution in [0.25, 0.3) is 0 Å². The Bertz CT molecular complexity index is 656. The predicted molar refractivity (Wildman–Crippen MR) is 95.3 cm³/mol. The minimum absolute atomic E-state index is 0.196. The molecule has 0 spiro atoms. The third kappa shape index (κ3) is 5.39. The Morgan fingerprint density at radius 1 is 1.25 bits per heavy atom. The van der Waals surface area contributed by atoms with E-state index < -0.39 is 0 Å². The molecule has 0 saturated carbocycles. The highest BCUT2D eigenvalue weighted by Crippen LogP contribution is 2.17. The Morgan fingerprint density at radius 3 is 2.67 bits per heavy atom. The lowest BCUT2D eigenvalue weighted by Gasteiger charge is -2.16. The lowest BCUT2D eigenvalue weighted by atomic mass is 10.2. The molecule has 126 valence electrons. The highest BCUT2D eigenvalue weighted by Gasteiger charge is 2.15. The van der Waals surface area contributed by atoms with Crippen molar-refractivity contribution in [1.82, 2.24) is 10.4 Å². The summed E-state index contributed by atoms with van der Waals surface area (Å²) in [6, 6.07) is 12.6. The van der Waals surface area contributed by atoms with Crippen molar-refractivity contribution in [2.45, 2.75) is 26.3 Å². The van der Waals surface area contributed by atoms with Gasteiger partial charge in [0.15, 0.2) is 0 Å². The van der Waals surface area contributed by atoms with Gasteiger partial charge in [-0.25, -0.2) is 5.43 Å². The van der Waals surface area contributed by atoms with Gasteiger partial charge in [-0.15, -0.1) is 0 Å². The third-order valence-electron chi connectivity index (χ3n) is 3.29. The second kappa shape index (κ2) is 9.29. The maximum Gasteiger partial charge on any atom is 0.262 e. The van der Waals surface area contributed by atoms with Crippen LogP contribution in [-0.4, -0.2) is 29.8 Å². The molecular formula is C18H22N4O2. The second-order valence-electron chi connectivity index (χ2n) is 5.05. The Labute approximate surface area is 142 Å². The Morgan fingerprint density at radius 2 is 2.04 bits per heavy atom. The van der Waals surface area contributed by atoms with E-state index in [9.17, 15) is 4.79 Å². The van der Waals surface area contributed by atoms with Crippen molar-refractivity contribution < 1.29 is 9.53 Å². The SMILES string of the molecule is CCOc1ccc(N[C@@H](CC)C(=O)N/N=C\c2ccccn2)cc1. The van der Waals surface area contributed by atoms with Gasteiger partial charge in [-0.3, -0.25) is 9.78 Å². The van der Waals surface area contributed by atoms with Gasteiger partial charge in [0, 0.05) is 11.9 Å². The van der Waals surface area contributed by atoms with E-state index in [1.54, 1.807) is 6.20 Å². The molecule has 0 radical (unpaired) electrons. The van der Waals surface area contributed by atoms with Crippen LogP contribution >= 0.6 is 0 Å². The number of nitrogens with one attached hydrogen (secondary N) is 2. The molecule has 1 aromatic heterocycles. The van der Waals surface area contributed by atoms with Gasteiger partial charge in [0.25, 0.3) is 5.91 Å². The van der Waals surface area contributed by atoms with Crippen LogP contribution in [0.3, 0.4) is 0 Å². The van der Waals surface area contributed by atoms with Crippen molar-refractivity contribution >= 4 is 17.8 Å². The van der Waals surface area contributed by atoms with E-state index in [4.69, 9.17) is 4.74 Å². The molecule has 0 bridgehead atoms. The minimum Gasteiger partial charge on any atom is -0.494 e. The maximum atomic E-state index is 12.2. The van der Waals surface area contributed by atoms with Gasteiger partial charge >= 0.3 is 0 Å². The van der Waals surface area contributed by atoms with Gasteiger partial charge in [0.2, 0.25) is 0 Å². The topological polar surface area (TPSA) is 75.6 Å². The number of rotatable bonds is 8. The van der Waals surface area contributed by atoms with Crippen molar-refractivity contribution in [2.24, 2.45) is 5.10 Å². The normalized spacial score (nSPS) is 11.9. The first-order valence-corrected chi connectivity index (χ1v) is 7.96. The molecule has 0 aliphatic heterocycles. The predicted octanol–water partition coefficient (Wildman–Crippen LogP) is 2.82. The number of amides is 1. The molecule has 1 atom stereocenters. The lowest BCUT2D eigenvalue weighted by molar-refractivity contribution is -0.121. The van der Waals surface area contributed by atoms with Gasteiger partial charge in [0.1, 0.15) is 11.8 Å². The van der Waals surface area contributed by atoms with Gasteiger partial charge in [0.05, 0.1) is 18.5 Å². The summed E-state index contributed by atoms with van der Waals surface area (Å²) in [6.45, 7) is 4.50. The average molecular weight is 326 g/mol. The zero-order valence-corrected chi connectivity index (χ0v) is 13.9. The first-order chi connectivity index (χ1) is 11.7. The summed E-state index contributed by atoms with van der Waals surface area (Å²) in [5.74, 6) is 0.610. The number of pyridine rings is 1. The fourth-order valence-corrected chi connectivity index (χ4v) is 2.06. The molecular weight excluding hydrogens is 304 g/mol. The molecule has 1 aromatic carbocycles. The molecule has 0 aliphatic rings. The lowest BCUT2D eigenvalue weighted by Crippen LogP contribution is -2.36. The fraction of sp³-hybridized carbons (Fsp3) is 0.278. The molecule has 2 N–H and O–H groups in total. The van der Waals surface area contributed by atoms with Crippen LogP contribution in [0.1, 0.15) is 26.0 Å². The number of nitrogens with zero attached hydrogens (tertiary/aromatic N) is 2. The van der Waals surface area contributed by atoms with Crippen LogP contribution < -0.4 is 15.5 Å². The van der Waals surface area contributed by atoms with E-state index >= 15 is 0 Å². The van der Waals surface area contributed by atoms with E-state index in [0.29, 0.717) is 18.7 Å². The van der Waals surface area contributed by atoms with E-state index in [-0.39, 0.29) is 11.9 Å². The molecule has 0 unspecified atom stereocenters. The smallest absolute Gasteiger partial charge is 0.262 e. The first-order valence-electron chi connectivity index (χ1n) is 7.96. The number of carbonyl (C=O) groups is 1. The Balaban J connectivity index is 1.90. The highest BCUT2D eigenvalue weighted by atomic mass is 16.5. The van der Waals surface area contributed by atoms with E-state index in [0.717, 1.165) is 11.4 Å². The summed E-state index contributed by atoms with van der Waals surface area (Å²) in [5.41, 5.74) is 4.08. The summed E-state index contributed by atoms with van der Waals surface area (Å²) in [6.07, 6.45) is 3.82. The summed E-state index contributed by atoms with van der Waals surface area (Å²) in [5, 5.41) is 7.13. The number of hydrogen-bond acceptors (Lipinski definition) is 5. The molecule has 0 saturated heterocycles. The molecule has 6 heteroatoms. The quantitative estimate of drug-likeness (QED) is 0.578. The van der Waals surface area contributed by atoms with Crippen molar-refractivity contribution in [3.8, 4) is 5.75 Å². The van der Waals surface area contributed by atoms with Gasteiger partial charge in [-0.1, -0.05) is 13.0 Å². The maximum absolute atomic E-state index is 12.2. The van der Waals surface area contributed by atoms with Crippen molar-refractivity contribution in [3.05, 3.63) is 54.4 Å². The largest absolute Gasteiger partial charge is 0.494 e. The molecule has 0 fully saturated rings. The third-order valence-corrected chi connectivity index (χ3v) is 3.29. The Hall–Kier alpha value is -2.89. The van der Waals surface area contributed by atoms with Crippen molar-refractivity contribution in [3.63, 3.8) is 0 Å². The summed E-state index contributed by atoms with van der Waals surface area (Å²) < 4.78 is 5.40. The van der Waals surface area contributed by atoms with E-state index in [1.165, 1.54) is 6.21 Å². The average Bonchev–Trinajstić information content (AvgIpc) is 2.62. The van der Waals surface area contributed by atoms with E-state index in [2.05, 4.69) is 20.8 Å². The van der Waals surface area contributed by atoms with Crippen LogP contribution in [0.2, 0.25) is 0 Å². The van der Waals surface area contributed by atoms with Gasteiger partial charge in [-0.05, 0) is 49.7 Å². The van der Waals surface area contributed by atoms with Crippen LogP contribution in [0, 0.1) is 0 Å². The number of hydrazone groups is 1. The molecule has 2 aromatic rings. The standard InChI is InChI=1S/C18H22N4O2/c1-3-17(21-14-8-10-16(11-9-14)24-4-2)18(23)22-20-13-15-7-5-6-12-19-15/h5-13,17,21H,3-4H2,1-2H3,(H,22,23)/b20-13-/t17-/m0/s1. The summed E-state index contributed by atoms with van der Waals surface area (Å²) in [4.78, 5) is 16.3. The summed E-state index contributed by atoms with van der Waals surface area (Å²) >= 11 is 0. The van der Waals surface area contributed by atoms with E-state index in [1.807, 2.05) is 56.3 Å². The van der Waals surface area contributed by atoms with Crippen molar-refractivity contribution in [2.75, 3.05) is 11.9 Å². The number of benzene rings is 1.